The third-order valence-corrected chi connectivity index (χ3v) is 2.81. The third kappa shape index (κ3) is 5.54. The first-order valence-electron chi connectivity index (χ1n) is 6.51. The van der Waals surface area contributed by atoms with Gasteiger partial charge in [0.15, 0.2) is 0 Å². The first kappa shape index (κ1) is 15.0. The molecule has 0 aromatic carbocycles. The predicted octanol–water partition coefficient (Wildman–Crippen LogP) is 3.11. The molecular formula is C13H22ClN3O. The van der Waals surface area contributed by atoms with Crippen molar-refractivity contribution >= 4 is 17.5 Å². The first-order chi connectivity index (χ1) is 8.77. The fraction of sp³-hybridized carbons (Fsp3) is 0.692. The molecule has 1 heterocycles. The van der Waals surface area contributed by atoms with E-state index in [2.05, 4.69) is 16.9 Å². The Morgan fingerprint density at radius 2 is 2.17 bits per heavy atom. The van der Waals surface area contributed by atoms with Crippen LogP contribution in [0.15, 0.2) is 12.3 Å². The lowest BCUT2D eigenvalue weighted by Crippen LogP contribution is -2.21. The van der Waals surface area contributed by atoms with E-state index in [4.69, 9.17) is 16.3 Å². The van der Waals surface area contributed by atoms with Crippen molar-refractivity contribution in [1.82, 2.24) is 9.97 Å². The zero-order chi connectivity index (χ0) is 13.2. The van der Waals surface area contributed by atoms with Gasteiger partial charge in [-0.05, 0) is 19.3 Å². The second-order valence-corrected chi connectivity index (χ2v) is 4.59. The molecule has 0 N–H and O–H groups in total. The van der Waals surface area contributed by atoms with Gasteiger partial charge in [0.25, 0.3) is 0 Å². The van der Waals surface area contributed by atoms with Gasteiger partial charge in [-0.15, -0.1) is 11.6 Å². The number of unbranched alkanes of at least 4 members (excludes halogenated alkanes) is 2. The van der Waals surface area contributed by atoms with Crippen LogP contribution in [0.3, 0.4) is 0 Å². The average molecular weight is 272 g/mol. The minimum atomic E-state index is 0.648. The summed E-state index contributed by atoms with van der Waals surface area (Å²) in [4.78, 5) is 10.7. The summed E-state index contributed by atoms with van der Waals surface area (Å²) >= 11 is 5.65. The third-order valence-electron chi connectivity index (χ3n) is 2.54. The van der Waals surface area contributed by atoms with E-state index in [1.807, 2.05) is 11.9 Å². The Morgan fingerprint density at radius 3 is 2.89 bits per heavy atom. The molecule has 0 amide bonds. The Morgan fingerprint density at radius 1 is 1.33 bits per heavy atom. The van der Waals surface area contributed by atoms with E-state index in [0.29, 0.717) is 12.5 Å². The minimum Gasteiger partial charge on any atom is -0.478 e. The molecule has 0 aliphatic carbocycles. The summed E-state index contributed by atoms with van der Waals surface area (Å²) in [6, 6.07) is 1.79. The van der Waals surface area contributed by atoms with E-state index < -0.39 is 0 Å². The Kier molecular flexibility index (Phi) is 7.49. The quantitative estimate of drug-likeness (QED) is 0.511. The normalized spacial score (nSPS) is 10.4. The number of ether oxygens (including phenoxy) is 1. The van der Waals surface area contributed by atoms with Crippen LogP contribution in [-0.2, 0) is 0 Å². The van der Waals surface area contributed by atoms with Gasteiger partial charge in [0.05, 0.1) is 6.61 Å². The topological polar surface area (TPSA) is 38.2 Å². The maximum Gasteiger partial charge on any atom is 0.228 e. The Hall–Kier alpha value is -1.03. The number of nitrogens with zero attached hydrogens (tertiary/aromatic N) is 3. The lowest BCUT2D eigenvalue weighted by molar-refractivity contribution is 0.305. The van der Waals surface area contributed by atoms with Crippen LogP contribution in [0.4, 0.5) is 5.95 Å². The highest BCUT2D eigenvalue weighted by Gasteiger charge is 2.05. The first-order valence-corrected chi connectivity index (χ1v) is 7.04. The van der Waals surface area contributed by atoms with Crippen molar-refractivity contribution in [1.29, 1.82) is 0 Å². The maximum atomic E-state index is 5.65. The number of hydrogen-bond acceptors (Lipinski definition) is 4. The van der Waals surface area contributed by atoms with E-state index in [1.54, 1.807) is 12.3 Å². The zero-order valence-corrected chi connectivity index (χ0v) is 12.0. The van der Waals surface area contributed by atoms with E-state index >= 15 is 0 Å². The molecule has 0 unspecified atom stereocenters. The van der Waals surface area contributed by atoms with Gasteiger partial charge in [-0.25, -0.2) is 4.98 Å². The molecule has 0 saturated carbocycles. The van der Waals surface area contributed by atoms with Gasteiger partial charge in [0, 0.05) is 31.7 Å². The lowest BCUT2D eigenvalue weighted by atomic mass is 10.2. The van der Waals surface area contributed by atoms with Gasteiger partial charge >= 0.3 is 0 Å². The van der Waals surface area contributed by atoms with Gasteiger partial charge < -0.3 is 9.64 Å². The van der Waals surface area contributed by atoms with E-state index in [9.17, 15) is 0 Å². The fourth-order valence-corrected chi connectivity index (χ4v) is 1.71. The van der Waals surface area contributed by atoms with Gasteiger partial charge in [0.2, 0.25) is 11.8 Å². The molecule has 5 heteroatoms. The Labute approximate surface area is 114 Å². The summed E-state index contributed by atoms with van der Waals surface area (Å²) in [5, 5.41) is 0. The number of alkyl halides is 1. The smallest absolute Gasteiger partial charge is 0.228 e. The highest BCUT2D eigenvalue weighted by Crippen LogP contribution is 2.12. The predicted molar refractivity (Wildman–Crippen MR) is 75.7 cm³/mol. The van der Waals surface area contributed by atoms with Crippen LogP contribution in [0, 0.1) is 0 Å². The molecule has 0 spiro atoms. The van der Waals surface area contributed by atoms with E-state index in [0.717, 1.165) is 44.1 Å². The van der Waals surface area contributed by atoms with Gasteiger partial charge in [-0.2, -0.15) is 4.98 Å². The van der Waals surface area contributed by atoms with E-state index in [-0.39, 0.29) is 0 Å². The van der Waals surface area contributed by atoms with Crippen molar-refractivity contribution in [3.63, 3.8) is 0 Å². The molecule has 0 bridgehead atoms. The molecule has 0 saturated heterocycles. The fourth-order valence-electron chi connectivity index (χ4n) is 1.52. The van der Waals surface area contributed by atoms with Crippen molar-refractivity contribution in [2.45, 2.75) is 32.6 Å². The molecule has 0 radical (unpaired) electrons. The van der Waals surface area contributed by atoms with Crippen molar-refractivity contribution in [3.05, 3.63) is 12.3 Å². The highest BCUT2D eigenvalue weighted by molar-refractivity contribution is 6.17. The average Bonchev–Trinajstić information content (AvgIpc) is 2.41. The summed E-state index contributed by atoms with van der Waals surface area (Å²) in [7, 11) is 2.00. The SMILES string of the molecule is CCCOc1ccnc(N(C)CCCCCCl)n1. The molecular weight excluding hydrogens is 250 g/mol. The van der Waals surface area contributed by atoms with Crippen LogP contribution in [0.1, 0.15) is 32.6 Å². The molecule has 0 aliphatic rings. The van der Waals surface area contributed by atoms with Crippen molar-refractivity contribution in [2.24, 2.45) is 0 Å². The number of halogens is 1. The second-order valence-electron chi connectivity index (χ2n) is 4.21. The van der Waals surface area contributed by atoms with Crippen LogP contribution >= 0.6 is 11.6 Å². The maximum absolute atomic E-state index is 5.65. The monoisotopic (exact) mass is 271 g/mol. The molecule has 0 fully saturated rings. The van der Waals surface area contributed by atoms with Gasteiger partial charge in [-0.3, -0.25) is 0 Å². The second kappa shape index (κ2) is 8.97. The zero-order valence-electron chi connectivity index (χ0n) is 11.2. The van der Waals surface area contributed by atoms with E-state index in [1.165, 1.54) is 0 Å². The molecule has 4 nitrogen and oxygen atoms in total. The summed E-state index contributed by atoms with van der Waals surface area (Å²) in [5.74, 6) is 2.10. The molecule has 0 atom stereocenters. The molecule has 1 aromatic heterocycles. The summed E-state index contributed by atoms with van der Waals surface area (Å²) in [6.45, 7) is 3.70. The van der Waals surface area contributed by atoms with Gasteiger partial charge in [0.1, 0.15) is 0 Å². The molecule has 18 heavy (non-hydrogen) atoms. The Bertz CT molecular complexity index is 336. The standard InChI is InChI=1S/C13H22ClN3O/c1-3-11-18-12-7-9-15-13(16-12)17(2)10-6-4-5-8-14/h7,9H,3-6,8,10-11H2,1-2H3. The van der Waals surface area contributed by atoms with Crippen LogP contribution in [0.2, 0.25) is 0 Å². The molecule has 0 aliphatic heterocycles. The van der Waals surface area contributed by atoms with Crippen LogP contribution in [0.25, 0.3) is 0 Å². The Balaban J connectivity index is 2.43. The molecule has 102 valence electrons. The van der Waals surface area contributed by atoms with Gasteiger partial charge in [-0.1, -0.05) is 13.3 Å². The molecule has 1 aromatic rings. The van der Waals surface area contributed by atoms with Crippen molar-refractivity contribution < 1.29 is 4.74 Å². The largest absolute Gasteiger partial charge is 0.478 e. The summed E-state index contributed by atoms with van der Waals surface area (Å²) < 4.78 is 5.49. The van der Waals surface area contributed by atoms with Crippen LogP contribution < -0.4 is 9.64 Å². The van der Waals surface area contributed by atoms with Crippen molar-refractivity contribution in [3.8, 4) is 5.88 Å². The van der Waals surface area contributed by atoms with Crippen LogP contribution in [0.5, 0.6) is 5.88 Å². The summed E-state index contributed by atoms with van der Waals surface area (Å²) in [6.07, 6.45) is 6.03. The highest BCUT2D eigenvalue weighted by atomic mass is 35.5. The molecule has 1 rings (SSSR count). The van der Waals surface area contributed by atoms with Crippen LogP contribution in [-0.4, -0.2) is 36.0 Å². The van der Waals surface area contributed by atoms with Crippen molar-refractivity contribution in [2.75, 3.05) is 31.0 Å². The summed E-state index contributed by atoms with van der Waals surface area (Å²) in [5.41, 5.74) is 0. The number of rotatable bonds is 9. The number of aromatic nitrogens is 2. The minimum absolute atomic E-state index is 0.648. The lowest BCUT2D eigenvalue weighted by Gasteiger charge is -2.17. The number of anilines is 1. The number of hydrogen-bond donors (Lipinski definition) is 0.